The summed E-state index contributed by atoms with van der Waals surface area (Å²) in [6.45, 7) is 8.60. The van der Waals surface area contributed by atoms with Gasteiger partial charge in [-0.2, -0.15) is 4.31 Å². The van der Waals surface area contributed by atoms with Gasteiger partial charge in [-0.1, -0.05) is 54.5 Å². The van der Waals surface area contributed by atoms with Crippen LogP contribution in [0.1, 0.15) is 79.9 Å². The Morgan fingerprint density at radius 2 is 1.61 bits per heavy atom. The van der Waals surface area contributed by atoms with E-state index in [1.807, 2.05) is 6.92 Å². The van der Waals surface area contributed by atoms with Gasteiger partial charge in [-0.3, -0.25) is 32.5 Å². The third kappa shape index (κ3) is 18.6. The maximum Gasteiger partial charge on any atom is 0.481 e. The Morgan fingerprint density at radius 1 is 0.953 bits per heavy atom. The Kier molecular flexibility index (Phi) is 21.1. The summed E-state index contributed by atoms with van der Waals surface area (Å²) in [6, 6.07) is 0. The highest BCUT2D eigenvalue weighted by atomic mass is 32.2. The van der Waals surface area contributed by atoms with Crippen molar-refractivity contribution < 1.29 is 80.5 Å². The van der Waals surface area contributed by atoms with E-state index >= 15 is 0 Å². The largest absolute Gasteiger partial charge is 0.481 e. The van der Waals surface area contributed by atoms with Crippen LogP contribution >= 0.6 is 35.2 Å². The van der Waals surface area contributed by atoms with Gasteiger partial charge < -0.3 is 50.9 Å². The highest BCUT2D eigenvalue weighted by molar-refractivity contribution is 8.14. The molecule has 1 aliphatic rings. The second-order valence-electron chi connectivity index (χ2n) is 15.6. The first-order valence-corrected chi connectivity index (χ1v) is 25.2. The molecule has 2 aromatic rings. The number of phosphoric ester groups is 3. The van der Waals surface area contributed by atoms with E-state index in [0.29, 0.717) is 5.75 Å². The second kappa shape index (κ2) is 24.5. The van der Waals surface area contributed by atoms with Crippen molar-refractivity contribution in [3.63, 3.8) is 0 Å². The summed E-state index contributed by atoms with van der Waals surface area (Å²) in [5, 5.41) is 26.4. The number of ether oxygens (including phenoxy) is 1. The molecule has 28 heteroatoms. The van der Waals surface area contributed by atoms with E-state index in [1.54, 1.807) is 6.08 Å². The number of nitrogens with zero attached hydrogens (tertiary/aromatic N) is 4. The normalized spacial score (nSPS) is 20.9. The third-order valence-corrected chi connectivity index (χ3v) is 13.1. The average molecular weight is 986 g/mol. The standard InChI is InChI=1S/C36H58N7O17P3S/c1-22(2)9-7-10-23(3)11-8-12-24(4)17-27(45)64-16-15-38-26(44)13-14-39-34(48)31(47)36(5,6)19-57-63(54,55)60-62(52,53)56-18-25-30(59-61(49,50)51)29(46)35(58-25)43-21-42-28-32(37)40-20-41-33(28)43/h9,11,17,20-21,25,29-31,35,46-47H,7-8,10,12-16,18-19H2,1-6H3,(H,38,44)(H,39,48)(H,52,53)(H,54,55)(H2,37,40,41)(H2,49,50,51). The number of nitrogen functional groups attached to an aromatic ring is 1. The molecule has 24 nitrogen and oxygen atoms in total. The number of allylic oxidation sites excluding steroid dienone is 5. The van der Waals surface area contributed by atoms with E-state index in [9.17, 15) is 57.9 Å². The molecule has 7 unspecified atom stereocenters. The van der Waals surface area contributed by atoms with Crippen LogP contribution in [0.3, 0.4) is 0 Å². The number of carbonyl (C=O) groups is 3. The number of nitrogens with two attached hydrogens (primary N) is 1. The lowest BCUT2D eigenvalue weighted by atomic mass is 9.87. The van der Waals surface area contributed by atoms with Crippen LogP contribution in [0.15, 0.2) is 47.6 Å². The number of phosphoric acid groups is 3. The van der Waals surface area contributed by atoms with E-state index in [-0.39, 0.29) is 41.6 Å². The van der Waals surface area contributed by atoms with Gasteiger partial charge in [-0.15, -0.1) is 0 Å². The summed E-state index contributed by atoms with van der Waals surface area (Å²) in [4.78, 5) is 88.4. The van der Waals surface area contributed by atoms with Crippen molar-refractivity contribution in [1.29, 1.82) is 0 Å². The molecule has 7 atom stereocenters. The average Bonchev–Trinajstić information content (AvgIpc) is 3.74. The van der Waals surface area contributed by atoms with E-state index in [0.717, 1.165) is 60.2 Å². The fourth-order valence-corrected chi connectivity index (χ4v) is 9.35. The summed E-state index contributed by atoms with van der Waals surface area (Å²) < 4.78 is 62.4. The molecule has 360 valence electrons. The lowest BCUT2D eigenvalue weighted by molar-refractivity contribution is -0.137. The van der Waals surface area contributed by atoms with Crippen LogP contribution in [0.4, 0.5) is 5.82 Å². The van der Waals surface area contributed by atoms with Crippen molar-refractivity contribution in [3.05, 3.63) is 47.6 Å². The zero-order chi connectivity index (χ0) is 48.0. The molecule has 3 heterocycles. The van der Waals surface area contributed by atoms with Gasteiger partial charge in [0.05, 0.1) is 19.5 Å². The Labute approximate surface area is 373 Å². The number of carbonyl (C=O) groups excluding carboxylic acids is 3. The van der Waals surface area contributed by atoms with Crippen LogP contribution in [0.2, 0.25) is 0 Å². The van der Waals surface area contributed by atoms with Crippen LogP contribution in [0.5, 0.6) is 0 Å². The fourth-order valence-electron chi connectivity index (χ4n) is 5.83. The molecule has 3 rings (SSSR count). The predicted molar refractivity (Wildman–Crippen MR) is 233 cm³/mol. The summed E-state index contributed by atoms with van der Waals surface area (Å²) in [5.41, 5.74) is 7.81. The van der Waals surface area contributed by atoms with Gasteiger partial charge in [-0.25, -0.2) is 28.6 Å². The Balaban J connectivity index is 1.41. The number of rotatable bonds is 26. The predicted octanol–water partition coefficient (Wildman–Crippen LogP) is 3.08. The van der Waals surface area contributed by atoms with Crippen LogP contribution in [-0.4, -0.2) is 123 Å². The number of aliphatic hydroxyl groups excluding tert-OH is 2. The fraction of sp³-hybridized carbons (Fsp3) is 0.611. The van der Waals surface area contributed by atoms with Crippen LogP contribution in [-0.2, 0) is 50.7 Å². The van der Waals surface area contributed by atoms with Gasteiger partial charge in [-0.05, 0) is 59.5 Å². The lowest BCUT2D eigenvalue weighted by Gasteiger charge is -2.30. The summed E-state index contributed by atoms with van der Waals surface area (Å²) >= 11 is 1.05. The molecule has 1 fully saturated rings. The molecule has 0 spiro atoms. The number of fused-ring (bicyclic) bond motifs is 1. The summed E-state index contributed by atoms with van der Waals surface area (Å²) in [5.74, 6) is -1.14. The number of amides is 2. The van der Waals surface area contributed by atoms with Gasteiger partial charge in [0.15, 0.2) is 17.7 Å². The minimum Gasteiger partial charge on any atom is -0.386 e. The maximum atomic E-state index is 12.7. The number of anilines is 1. The molecular weight excluding hydrogens is 927 g/mol. The Bertz CT molecular complexity index is 2180. The number of imidazole rings is 1. The number of nitrogens with one attached hydrogen (secondary N) is 2. The number of aromatic nitrogens is 4. The second-order valence-corrected chi connectivity index (χ2v) is 21.0. The van der Waals surface area contributed by atoms with E-state index in [4.69, 9.17) is 19.5 Å². The highest BCUT2D eigenvalue weighted by Gasteiger charge is 2.50. The van der Waals surface area contributed by atoms with Crippen LogP contribution in [0, 0.1) is 5.41 Å². The van der Waals surface area contributed by atoms with Gasteiger partial charge in [0.1, 0.15) is 36.3 Å². The molecule has 1 aliphatic heterocycles. The topological polar surface area (TPSA) is 364 Å². The molecule has 1 saturated heterocycles. The maximum absolute atomic E-state index is 12.7. The van der Waals surface area contributed by atoms with Gasteiger partial charge in [0, 0.05) is 30.7 Å². The molecule has 0 aliphatic carbocycles. The molecule has 2 aromatic heterocycles. The van der Waals surface area contributed by atoms with E-state index < -0.39 is 84.6 Å². The van der Waals surface area contributed by atoms with Crippen molar-refractivity contribution in [3.8, 4) is 0 Å². The first-order chi connectivity index (χ1) is 29.7. The first-order valence-electron chi connectivity index (χ1n) is 19.7. The molecule has 0 radical (unpaired) electrons. The highest BCUT2D eigenvalue weighted by Crippen LogP contribution is 2.61. The summed E-state index contributed by atoms with van der Waals surface area (Å²) in [7, 11) is -16.4. The quantitative estimate of drug-likeness (QED) is 0.0283. The third-order valence-electron chi connectivity index (χ3n) is 9.23. The van der Waals surface area contributed by atoms with Gasteiger partial charge in [0.2, 0.25) is 16.9 Å². The van der Waals surface area contributed by atoms with E-state index in [1.165, 1.54) is 25.0 Å². The Morgan fingerprint density at radius 3 is 2.28 bits per heavy atom. The van der Waals surface area contributed by atoms with Crippen LogP contribution in [0.25, 0.3) is 11.2 Å². The SMILES string of the molecule is CC(C)=CCCC(C)=CCCC(C)=CC(=O)SCCNC(=O)CCNC(=O)C(O)C(C)(C)COP(=O)(O)OP(=O)(O)OCC1OC(n2cnc3c(N)ncnc32)C(O)C1OP(=O)(O)O. The first kappa shape index (κ1) is 55.1. The monoisotopic (exact) mass is 985 g/mol. The molecule has 0 aromatic carbocycles. The Hall–Kier alpha value is -3.22. The molecule has 0 saturated carbocycles. The smallest absolute Gasteiger partial charge is 0.386 e. The number of aliphatic hydroxyl groups is 2. The summed E-state index contributed by atoms with van der Waals surface area (Å²) in [6.07, 6.45) is 2.61. The molecule has 10 N–H and O–H groups in total. The number of thioether (sulfide) groups is 1. The molecule has 0 bridgehead atoms. The van der Waals surface area contributed by atoms with Gasteiger partial charge >= 0.3 is 23.5 Å². The zero-order valence-electron chi connectivity index (χ0n) is 36.1. The van der Waals surface area contributed by atoms with Crippen LogP contribution < -0.4 is 16.4 Å². The van der Waals surface area contributed by atoms with Crippen molar-refractivity contribution >= 4 is 69.1 Å². The van der Waals surface area contributed by atoms with Crippen molar-refractivity contribution in [2.75, 3.05) is 37.8 Å². The lowest BCUT2D eigenvalue weighted by Crippen LogP contribution is -2.46. The van der Waals surface area contributed by atoms with Gasteiger partial charge in [0.25, 0.3) is 0 Å². The molecular formula is C36H58N7O17P3S. The van der Waals surface area contributed by atoms with Crippen molar-refractivity contribution in [1.82, 2.24) is 30.2 Å². The molecule has 2 amide bonds. The number of hydrogen-bond acceptors (Lipinski definition) is 18. The van der Waals surface area contributed by atoms with E-state index in [2.05, 4.69) is 67.3 Å². The van der Waals surface area contributed by atoms with Crippen molar-refractivity contribution in [2.24, 2.45) is 5.41 Å². The zero-order valence-corrected chi connectivity index (χ0v) is 39.6. The number of hydrogen-bond donors (Lipinski definition) is 9. The molecule has 64 heavy (non-hydrogen) atoms. The minimum absolute atomic E-state index is 0.0297. The minimum atomic E-state index is -5.58. The van der Waals surface area contributed by atoms with Crippen molar-refractivity contribution in [2.45, 2.75) is 104 Å².